The first kappa shape index (κ1) is 17.0. The van der Waals surface area contributed by atoms with Gasteiger partial charge in [0.1, 0.15) is 0 Å². The molecule has 0 saturated heterocycles. The van der Waals surface area contributed by atoms with Gasteiger partial charge in [0.05, 0.1) is 5.92 Å². The number of hydrogen-bond donors (Lipinski definition) is 5. The van der Waals surface area contributed by atoms with Crippen molar-refractivity contribution in [3.63, 3.8) is 0 Å². The van der Waals surface area contributed by atoms with Crippen LogP contribution in [0.4, 0.5) is 0 Å². The molecule has 2 aromatic carbocycles. The molecule has 2 aromatic rings. The summed E-state index contributed by atoms with van der Waals surface area (Å²) < 4.78 is 0. The molecule has 0 fully saturated rings. The molecule has 0 aliphatic carbocycles. The number of hydrogen-bond acceptors (Lipinski definition) is 5. The Morgan fingerprint density at radius 2 is 1.17 bits per heavy atom. The molecule has 0 radical (unpaired) electrons. The van der Waals surface area contributed by atoms with E-state index in [1.54, 1.807) is 0 Å². The quantitative estimate of drug-likeness (QED) is 0.539. The maximum Gasteiger partial charge on any atom is 0.314 e. The van der Waals surface area contributed by atoms with E-state index >= 15 is 0 Å². The molecule has 0 saturated carbocycles. The highest BCUT2D eigenvalue weighted by Gasteiger charge is 2.10. The van der Waals surface area contributed by atoms with Crippen molar-refractivity contribution in [2.24, 2.45) is 5.92 Å². The van der Waals surface area contributed by atoms with Gasteiger partial charge in [-0.25, -0.2) is 0 Å². The second-order valence-corrected chi connectivity index (χ2v) is 5.08. The van der Waals surface area contributed by atoms with E-state index in [0.29, 0.717) is 11.1 Å². The molecule has 0 aromatic heterocycles. The van der Waals surface area contributed by atoms with E-state index in [-0.39, 0.29) is 23.0 Å². The summed E-state index contributed by atoms with van der Waals surface area (Å²) in [7, 11) is 0. The number of benzene rings is 2. The number of carboxylic acid groups (broad SMARTS) is 1. The Morgan fingerprint density at radius 1 is 0.750 bits per heavy atom. The first-order chi connectivity index (χ1) is 11.4. The van der Waals surface area contributed by atoms with Crippen LogP contribution in [0.15, 0.2) is 48.6 Å². The third-order valence-corrected chi connectivity index (χ3v) is 3.28. The molecule has 0 spiro atoms. The fourth-order valence-electron chi connectivity index (χ4n) is 1.95. The summed E-state index contributed by atoms with van der Waals surface area (Å²) in [6, 6.07) is 8.30. The summed E-state index contributed by atoms with van der Waals surface area (Å²) in [6.07, 6.45) is 5.86. The van der Waals surface area contributed by atoms with Crippen LogP contribution in [-0.2, 0) is 4.79 Å². The topological polar surface area (TPSA) is 118 Å². The maximum atomic E-state index is 11.3. The Morgan fingerprint density at radius 3 is 1.50 bits per heavy atom. The number of aliphatic carboxylic acids is 1. The van der Waals surface area contributed by atoms with Crippen molar-refractivity contribution < 1.29 is 30.3 Å². The predicted molar refractivity (Wildman–Crippen MR) is 88.7 cm³/mol. The average Bonchev–Trinajstić information content (AvgIpc) is 2.53. The molecule has 0 atom stereocenters. The Bertz CT molecular complexity index is 746. The number of aromatic hydroxyl groups is 4. The average molecular weight is 328 g/mol. The van der Waals surface area contributed by atoms with Gasteiger partial charge >= 0.3 is 5.97 Å². The van der Waals surface area contributed by atoms with Crippen molar-refractivity contribution in [2.75, 3.05) is 0 Å². The van der Waals surface area contributed by atoms with Gasteiger partial charge < -0.3 is 25.5 Å². The summed E-state index contributed by atoms with van der Waals surface area (Å²) in [4.78, 5) is 11.3. The Kier molecular flexibility index (Phi) is 5.11. The molecule has 0 aliphatic heterocycles. The third-order valence-electron chi connectivity index (χ3n) is 3.28. The van der Waals surface area contributed by atoms with Gasteiger partial charge in [-0.15, -0.1) is 0 Å². The van der Waals surface area contributed by atoms with Gasteiger partial charge in [0, 0.05) is 0 Å². The van der Waals surface area contributed by atoms with Crippen molar-refractivity contribution in [2.45, 2.75) is 0 Å². The first-order valence-electron chi connectivity index (χ1n) is 7.00. The SMILES string of the molecule is O=C(O)C(C=Cc1ccc(O)c(O)c1)C=Cc1ccc(O)c(O)c1. The lowest BCUT2D eigenvalue weighted by atomic mass is 10.0. The minimum absolute atomic E-state index is 0.256. The highest BCUT2D eigenvalue weighted by molar-refractivity contribution is 5.77. The summed E-state index contributed by atoms with van der Waals surface area (Å²) in [5.41, 5.74) is 1.07. The normalized spacial score (nSPS) is 12.7. The van der Waals surface area contributed by atoms with Crippen LogP contribution in [0.2, 0.25) is 0 Å². The van der Waals surface area contributed by atoms with Gasteiger partial charge in [-0.2, -0.15) is 0 Å². The van der Waals surface area contributed by atoms with Crippen LogP contribution in [0.3, 0.4) is 0 Å². The van der Waals surface area contributed by atoms with Crippen LogP contribution in [0.5, 0.6) is 23.0 Å². The number of carboxylic acids is 1. The van der Waals surface area contributed by atoms with Crippen molar-refractivity contribution >= 4 is 18.1 Å². The summed E-state index contributed by atoms with van der Waals surface area (Å²) in [5, 5.41) is 46.6. The molecular formula is C18H16O6. The lowest BCUT2D eigenvalue weighted by Crippen LogP contribution is -2.07. The minimum atomic E-state index is -1.08. The lowest BCUT2D eigenvalue weighted by molar-refractivity contribution is -0.138. The van der Waals surface area contributed by atoms with Gasteiger partial charge in [0.15, 0.2) is 23.0 Å². The molecule has 0 aliphatic rings. The van der Waals surface area contributed by atoms with Gasteiger partial charge in [-0.3, -0.25) is 4.79 Å². The smallest absolute Gasteiger partial charge is 0.314 e. The summed E-state index contributed by atoms with van der Waals surface area (Å²) in [5.74, 6) is -3.10. The van der Waals surface area contributed by atoms with Gasteiger partial charge in [0.2, 0.25) is 0 Å². The molecule has 0 amide bonds. The third kappa shape index (κ3) is 4.30. The van der Waals surface area contributed by atoms with E-state index in [4.69, 9.17) is 0 Å². The monoisotopic (exact) mass is 328 g/mol. The Hall–Kier alpha value is -3.41. The van der Waals surface area contributed by atoms with E-state index in [1.807, 2.05) is 0 Å². The Labute approximate surface area is 137 Å². The van der Waals surface area contributed by atoms with Crippen LogP contribution in [-0.4, -0.2) is 31.5 Å². The highest BCUT2D eigenvalue weighted by Crippen LogP contribution is 2.27. The summed E-state index contributed by atoms with van der Waals surface area (Å²) in [6.45, 7) is 0. The van der Waals surface area contributed by atoms with E-state index in [0.717, 1.165) is 0 Å². The minimum Gasteiger partial charge on any atom is -0.504 e. The highest BCUT2D eigenvalue weighted by atomic mass is 16.4. The molecule has 0 heterocycles. The number of rotatable bonds is 5. The number of phenolic OH excluding ortho intramolecular Hbond substituents is 4. The molecule has 0 unspecified atom stereocenters. The predicted octanol–water partition coefficient (Wildman–Crippen LogP) is 2.94. The first-order valence-corrected chi connectivity index (χ1v) is 7.00. The van der Waals surface area contributed by atoms with E-state index in [1.165, 1.54) is 60.7 Å². The van der Waals surface area contributed by atoms with Crippen molar-refractivity contribution in [1.82, 2.24) is 0 Å². The fraction of sp³-hybridized carbons (Fsp3) is 0.0556. The van der Waals surface area contributed by atoms with Crippen LogP contribution in [0.1, 0.15) is 11.1 Å². The van der Waals surface area contributed by atoms with Gasteiger partial charge in [-0.05, 0) is 35.4 Å². The van der Waals surface area contributed by atoms with E-state index in [2.05, 4.69) is 0 Å². The number of phenols is 4. The largest absolute Gasteiger partial charge is 0.504 e. The molecule has 6 heteroatoms. The van der Waals surface area contributed by atoms with Crippen LogP contribution < -0.4 is 0 Å². The van der Waals surface area contributed by atoms with Crippen LogP contribution in [0, 0.1) is 5.92 Å². The Balaban J connectivity index is 2.18. The van der Waals surface area contributed by atoms with E-state index in [9.17, 15) is 30.3 Å². The van der Waals surface area contributed by atoms with Crippen LogP contribution in [0.25, 0.3) is 12.2 Å². The number of carbonyl (C=O) groups is 1. The second-order valence-electron chi connectivity index (χ2n) is 5.08. The molecule has 24 heavy (non-hydrogen) atoms. The fourth-order valence-corrected chi connectivity index (χ4v) is 1.95. The zero-order chi connectivity index (χ0) is 17.7. The molecule has 6 nitrogen and oxygen atoms in total. The maximum absolute atomic E-state index is 11.3. The molecular weight excluding hydrogens is 312 g/mol. The van der Waals surface area contributed by atoms with Gasteiger partial charge in [-0.1, -0.05) is 36.4 Å². The zero-order valence-electron chi connectivity index (χ0n) is 12.5. The summed E-state index contributed by atoms with van der Waals surface area (Å²) >= 11 is 0. The molecule has 2 rings (SSSR count). The lowest BCUT2D eigenvalue weighted by Gasteiger charge is -2.03. The molecule has 124 valence electrons. The van der Waals surface area contributed by atoms with Crippen LogP contribution >= 0.6 is 0 Å². The standard InChI is InChI=1S/C18H16O6/c19-14-7-3-11(9-16(14)21)1-5-13(18(23)24)6-2-12-4-8-15(20)17(22)10-12/h1-10,13,19-22H,(H,23,24). The molecule has 0 bridgehead atoms. The van der Waals surface area contributed by atoms with Crippen molar-refractivity contribution in [3.05, 3.63) is 59.7 Å². The zero-order valence-corrected chi connectivity index (χ0v) is 12.5. The van der Waals surface area contributed by atoms with Gasteiger partial charge in [0.25, 0.3) is 0 Å². The second kappa shape index (κ2) is 7.23. The van der Waals surface area contributed by atoms with Crippen molar-refractivity contribution in [3.8, 4) is 23.0 Å². The molecule has 5 N–H and O–H groups in total. The van der Waals surface area contributed by atoms with E-state index < -0.39 is 11.9 Å². The van der Waals surface area contributed by atoms with Crippen molar-refractivity contribution in [1.29, 1.82) is 0 Å².